The fourth-order valence-corrected chi connectivity index (χ4v) is 4.10. The maximum Gasteiger partial charge on any atom is 0.106 e. The fourth-order valence-electron chi connectivity index (χ4n) is 4.10. The highest BCUT2D eigenvalue weighted by atomic mass is 15.5. The summed E-state index contributed by atoms with van der Waals surface area (Å²) in [5.74, 6) is 0. The molecular weight excluding hydrogens is 368 g/mol. The van der Waals surface area contributed by atoms with Crippen LogP contribution in [0.15, 0.2) is 103 Å². The standard InChI is InChI=1S/C26H24N4/c1-19-8-12-21(13-9-19)24-26(29-17-16-27-18-29)25(22-14-10-20(2)11-15-22)30(28-24)23-6-4-3-5-7-23/h3-18,25-26H,1-2H3/t25-,26+/m1/s1. The molecule has 0 radical (unpaired) electrons. The van der Waals surface area contributed by atoms with Crippen LogP contribution < -0.4 is 5.01 Å². The minimum atomic E-state index is 0.0121. The van der Waals surface area contributed by atoms with E-state index in [9.17, 15) is 0 Å². The zero-order valence-corrected chi connectivity index (χ0v) is 17.2. The van der Waals surface area contributed by atoms with E-state index < -0.39 is 0 Å². The summed E-state index contributed by atoms with van der Waals surface area (Å²) in [5, 5.41) is 7.33. The Morgan fingerprint density at radius 1 is 0.733 bits per heavy atom. The molecule has 0 amide bonds. The van der Waals surface area contributed by atoms with Gasteiger partial charge in [0.2, 0.25) is 0 Å². The van der Waals surface area contributed by atoms with Crippen molar-refractivity contribution in [2.75, 3.05) is 5.01 Å². The second-order valence-corrected chi connectivity index (χ2v) is 7.84. The molecule has 0 N–H and O–H groups in total. The van der Waals surface area contributed by atoms with Crippen molar-refractivity contribution in [3.8, 4) is 0 Å². The lowest BCUT2D eigenvalue weighted by atomic mass is 9.92. The molecule has 0 fully saturated rings. The topological polar surface area (TPSA) is 33.4 Å². The van der Waals surface area contributed by atoms with Gasteiger partial charge in [-0.25, -0.2) is 4.98 Å². The van der Waals surface area contributed by atoms with E-state index in [0.717, 1.165) is 17.0 Å². The number of para-hydroxylation sites is 1. The van der Waals surface area contributed by atoms with Crippen LogP contribution in [0.25, 0.3) is 0 Å². The van der Waals surface area contributed by atoms with Crippen molar-refractivity contribution in [2.24, 2.45) is 5.10 Å². The zero-order valence-electron chi connectivity index (χ0n) is 17.2. The lowest BCUT2D eigenvalue weighted by Crippen LogP contribution is -2.28. The van der Waals surface area contributed by atoms with E-state index in [2.05, 4.69) is 101 Å². The average Bonchev–Trinajstić information content (AvgIpc) is 3.43. The minimum Gasteiger partial charge on any atom is -0.326 e. The van der Waals surface area contributed by atoms with E-state index in [-0.39, 0.29) is 12.1 Å². The SMILES string of the molecule is Cc1ccc(C2=NN(c3ccccc3)[C@H](c3ccc(C)cc3)[C@H]2n2ccnc2)cc1. The molecule has 0 spiro atoms. The fraction of sp³-hybridized carbons (Fsp3) is 0.154. The summed E-state index contributed by atoms with van der Waals surface area (Å²) in [4.78, 5) is 4.34. The van der Waals surface area contributed by atoms with Gasteiger partial charge in [0.15, 0.2) is 0 Å². The van der Waals surface area contributed by atoms with Gasteiger partial charge in [0.05, 0.1) is 17.7 Å². The molecule has 0 unspecified atom stereocenters. The summed E-state index contributed by atoms with van der Waals surface area (Å²) in [6.07, 6.45) is 5.76. The van der Waals surface area contributed by atoms with Crippen LogP contribution in [0.2, 0.25) is 0 Å². The quantitative estimate of drug-likeness (QED) is 0.446. The molecule has 0 saturated heterocycles. The first-order valence-electron chi connectivity index (χ1n) is 10.2. The number of rotatable bonds is 4. The van der Waals surface area contributed by atoms with E-state index >= 15 is 0 Å². The third kappa shape index (κ3) is 3.30. The van der Waals surface area contributed by atoms with E-state index in [1.807, 2.05) is 24.8 Å². The third-order valence-electron chi connectivity index (χ3n) is 5.69. The van der Waals surface area contributed by atoms with Gasteiger partial charge in [-0.1, -0.05) is 77.9 Å². The Bertz CT molecular complexity index is 1140. The first-order valence-corrected chi connectivity index (χ1v) is 10.2. The number of aromatic nitrogens is 2. The van der Waals surface area contributed by atoms with Crippen molar-refractivity contribution in [1.82, 2.24) is 9.55 Å². The second kappa shape index (κ2) is 7.64. The molecule has 4 aromatic rings. The van der Waals surface area contributed by atoms with Crippen LogP contribution in [-0.2, 0) is 0 Å². The molecule has 1 aliphatic heterocycles. The molecule has 30 heavy (non-hydrogen) atoms. The van der Waals surface area contributed by atoms with E-state index in [1.165, 1.54) is 16.7 Å². The highest BCUT2D eigenvalue weighted by Gasteiger charge is 2.40. The third-order valence-corrected chi connectivity index (χ3v) is 5.69. The Labute approximate surface area is 177 Å². The summed E-state index contributed by atoms with van der Waals surface area (Å²) in [7, 11) is 0. The minimum absolute atomic E-state index is 0.0121. The first-order chi connectivity index (χ1) is 14.7. The van der Waals surface area contributed by atoms with Gasteiger partial charge in [-0.15, -0.1) is 0 Å². The van der Waals surface area contributed by atoms with Crippen molar-refractivity contribution in [3.05, 3.63) is 120 Å². The molecule has 2 heterocycles. The van der Waals surface area contributed by atoms with Gasteiger partial charge in [-0.05, 0) is 31.5 Å². The predicted octanol–water partition coefficient (Wildman–Crippen LogP) is 5.71. The van der Waals surface area contributed by atoms with Crippen LogP contribution in [0.4, 0.5) is 5.69 Å². The molecule has 4 heteroatoms. The molecule has 4 nitrogen and oxygen atoms in total. The molecule has 3 aromatic carbocycles. The monoisotopic (exact) mass is 392 g/mol. The van der Waals surface area contributed by atoms with Crippen LogP contribution in [0, 0.1) is 13.8 Å². The lowest BCUT2D eigenvalue weighted by molar-refractivity contribution is 0.527. The number of anilines is 1. The number of aryl methyl sites for hydroxylation is 2. The summed E-state index contributed by atoms with van der Waals surface area (Å²) in [6.45, 7) is 4.23. The van der Waals surface area contributed by atoms with Crippen molar-refractivity contribution in [1.29, 1.82) is 0 Å². The zero-order chi connectivity index (χ0) is 20.5. The largest absolute Gasteiger partial charge is 0.326 e. The molecule has 1 aromatic heterocycles. The molecule has 0 bridgehead atoms. The maximum absolute atomic E-state index is 5.18. The van der Waals surface area contributed by atoms with E-state index in [0.29, 0.717) is 0 Å². The predicted molar refractivity (Wildman–Crippen MR) is 122 cm³/mol. The molecule has 0 aliphatic carbocycles. The first kappa shape index (κ1) is 18.4. The average molecular weight is 393 g/mol. The van der Waals surface area contributed by atoms with Crippen LogP contribution in [0.3, 0.4) is 0 Å². The maximum atomic E-state index is 5.18. The molecule has 0 saturated carbocycles. The van der Waals surface area contributed by atoms with Gasteiger partial charge in [0, 0.05) is 18.0 Å². The van der Waals surface area contributed by atoms with Gasteiger partial charge in [0.1, 0.15) is 12.1 Å². The molecule has 5 rings (SSSR count). The number of nitrogens with zero attached hydrogens (tertiary/aromatic N) is 4. The van der Waals surface area contributed by atoms with E-state index in [1.54, 1.807) is 0 Å². The van der Waals surface area contributed by atoms with Gasteiger partial charge < -0.3 is 4.57 Å². The number of benzene rings is 3. The van der Waals surface area contributed by atoms with Gasteiger partial charge >= 0.3 is 0 Å². The van der Waals surface area contributed by atoms with Crippen LogP contribution in [0.1, 0.15) is 34.3 Å². The molecular formula is C26H24N4. The van der Waals surface area contributed by atoms with Crippen LogP contribution >= 0.6 is 0 Å². The van der Waals surface area contributed by atoms with Crippen LogP contribution in [0.5, 0.6) is 0 Å². The van der Waals surface area contributed by atoms with Crippen molar-refractivity contribution >= 4 is 11.4 Å². The van der Waals surface area contributed by atoms with Gasteiger partial charge in [0.25, 0.3) is 0 Å². The summed E-state index contributed by atoms with van der Waals surface area (Å²) in [5.41, 5.74) is 6.98. The molecule has 148 valence electrons. The lowest BCUT2D eigenvalue weighted by Gasteiger charge is -2.29. The summed E-state index contributed by atoms with van der Waals surface area (Å²) >= 11 is 0. The Morgan fingerprint density at radius 2 is 1.40 bits per heavy atom. The Kier molecular flexibility index (Phi) is 4.68. The van der Waals surface area contributed by atoms with Crippen LogP contribution in [-0.4, -0.2) is 15.3 Å². The summed E-state index contributed by atoms with van der Waals surface area (Å²) < 4.78 is 2.17. The molecule has 2 atom stereocenters. The number of hydrazone groups is 1. The number of imidazole rings is 1. The Morgan fingerprint density at radius 3 is 2.03 bits per heavy atom. The van der Waals surface area contributed by atoms with Gasteiger partial charge in [-0.3, -0.25) is 5.01 Å². The van der Waals surface area contributed by atoms with E-state index in [4.69, 9.17) is 5.10 Å². The number of hydrogen-bond acceptors (Lipinski definition) is 3. The molecule has 1 aliphatic rings. The van der Waals surface area contributed by atoms with Crippen molar-refractivity contribution in [3.63, 3.8) is 0 Å². The number of hydrogen-bond donors (Lipinski definition) is 0. The Hall–Kier alpha value is -3.66. The smallest absolute Gasteiger partial charge is 0.106 e. The normalized spacial score (nSPS) is 18.5. The Balaban J connectivity index is 1.70. The highest BCUT2D eigenvalue weighted by molar-refractivity contribution is 6.06. The van der Waals surface area contributed by atoms with Crippen molar-refractivity contribution < 1.29 is 0 Å². The highest BCUT2D eigenvalue weighted by Crippen LogP contribution is 2.43. The second-order valence-electron chi connectivity index (χ2n) is 7.84. The summed E-state index contributed by atoms with van der Waals surface area (Å²) in [6, 6.07) is 27.8. The van der Waals surface area contributed by atoms with Crippen molar-refractivity contribution in [2.45, 2.75) is 25.9 Å². The van der Waals surface area contributed by atoms with Gasteiger partial charge in [-0.2, -0.15) is 5.10 Å².